The van der Waals surface area contributed by atoms with Gasteiger partial charge in [-0.15, -0.1) is 0 Å². The van der Waals surface area contributed by atoms with Crippen LogP contribution in [0.4, 0.5) is 15.8 Å². The third kappa shape index (κ3) is 4.68. The zero-order valence-electron chi connectivity index (χ0n) is 17.4. The molecule has 0 aromatic heterocycles. The number of benzene rings is 2. The lowest BCUT2D eigenvalue weighted by atomic mass is 10.1. The predicted octanol–water partition coefficient (Wildman–Crippen LogP) is 1.35. The van der Waals surface area contributed by atoms with Crippen molar-refractivity contribution in [3.05, 3.63) is 63.5 Å². The fourth-order valence-corrected chi connectivity index (χ4v) is 3.73. The number of ether oxygens (including phenoxy) is 1. The van der Waals surface area contributed by atoms with Crippen LogP contribution in [0, 0.1) is 15.9 Å². The van der Waals surface area contributed by atoms with Gasteiger partial charge in [0.15, 0.2) is 0 Å². The van der Waals surface area contributed by atoms with Gasteiger partial charge in [0.05, 0.1) is 49.3 Å². The van der Waals surface area contributed by atoms with Gasteiger partial charge < -0.3 is 19.4 Å². The van der Waals surface area contributed by atoms with E-state index in [0.29, 0.717) is 49.7 Å². The van der Waals surface area contributed by atoms with Gasteiger partial charge >= 0.3 is 0 Å². The lowest BCUT2D eigenvalue weighted by Gasteiger charge is -2.33. The lowest BCUT2D eigenvalue weighted by molar-refractivity contribution is -0.917. The minimum atomic E-state index is -0.495. The Kier molecular flexibility index (Phi) is 6.51. The van der Waals surface area contributed by atoms with Gasteiger partial charge in [-0.3, -0.25) is 14.9 Å². The number of nitro benzene ring substituents is 1. The number of halogens is 1. The summed E-state index contributed by atoms with van der Waals surface area (Å²) in [5, 5.41) is 11.2. The summed E-state index contributed by atoms with van der Waals surface area (Å²) in [6.45, 7) is 3.01. The molecule has 1 saturated heterocycles. The van der Waals surface area contributed by atoms with Crippen molar-refractivity contribution >= 4 is 17.3 Å². The fraction of sp³-hybridized carbons (Fsp3) is 0.381. The molecule has 0 spiro atoms. The molecule has 1 amide bonds. The van der Waals surface area contributed by atoms with Crippen LogP contribution in [0.2, 0.25) is 0 Å². The van der Waals surface area contributed by atoms with Crippen molar-refractivity contribution in [2.75, 3.05) is 52.3 Å². The molecule has 9 heteroatoms. The van der Waals surface area contributed by atoms with Crippen LogP contribution in [0.5, 0.6) is 5.75 Å². The quantitative estimate of drug-likeness (QED) is 0.567. The number of amides is 1. The molecule has 0 bridgehead atoms. The first-order chi connectivity index (χ1) is 14.3. The molecule has 1 fully saturated rings. The van der Waals surface area contributed by atoms with Crippen molar-refractivity contribution in [3.63, 3.8) is 0 Å². The lowest BCUT2D eigenvalue weighted by Crippen LogP contribution is -3.13. The van der Waals surface area contributed by atoms with Crippen LogP contribution in [0.3, 0.4) is 0 Å². The van der Waals surface area contributed by atoms with Gasteiger partial charge in [-0.2, -0.15) is 0 Å². The van der Waals surface area contributed by atoms with Crippen molar-refractivity contribution in [1.82, 2.24) is 4.90 Å². The number of rotatable bonds is 6. The van der Waals surface area contributed by atoms with Crippen LogP contribution in [-0.2, 0) is 6.54 Å². The minimum absolute atomic E-state index is 0.105. The number of quaternary nitrogens is 1. The molecule has 0 radical (unpaired) electrons. The molecule has 0 saturated carbocycles. The minimum Gasteiger partial charge on any atom is -0.496 e. The molecule has 0 aliphatic carbocycles. The number of methoxy groups -OCH3 is 1. The maximum atomic E-state index is 13.6. The second-order valence-corrected chi connectivity index (χ2v) is 7.53. The van der Waals surface area contributed by atoms with Gasteiger partial charge in [0, 0.05) is 31.9 Å². The highest BCUT2D eigenvalue weighted by Gasteiger charge is 2.28. The van der Waals surface area contributed by atoms with E-state index in [1.807, 2.05) is 0 Å². The van der Waals surface area contributed by atoms with Crippen LogP contribution >= 0.6 is 0 Å². The van der Waals surface area contributed by atoms with E-state index in [1.54, 1.807) is 43.1 Å². The normalized spacial score (nSPS) is 14.5. The molecular weight excluding hydrogens is 391 g/mol. The van der Waals surface area contributed by atoms with Gasteiger partial charge in [0.1, 0.15) is 18.1 Å². The number of nitro groups is 1. The van der Waals surface area contributed by atoms with Gasteiger partial charge in [0.2, 0.25) is 0 Å². The summed E-state index contributed by atoms with van der Waals surface area (Å²) in [6.07, 6.45) is 0. The first kappa shape index (κ1) is 21.5. The summed E-state index contributed by atoms with van der Waals surface area (Å²) in [5.41, 5.74) is 1.65. The van der Waals surface area contributed by atoms with Crippen LogP contribution in [0.1, 0.15) is 15.9 Å². The van der Waals surface area contributed by atoms with E-state index in [0.717, 1.165) is 5.56 Å². The zero-order valence-corrected chi connectivity index (χ0v) is 17.4. The Hall–Kier alpha value is -3.20. The number of hydrogen-bond acceptors (Lipinski definition) is 5. The Morgan fingerprint density at radius 1 is 1.23 bits per heavy atom. The van der Waals surface area contributed by atoms with Crippen LogP contribution in [-0.4, -0.2) is 63.1 Å². The van der Waals surface area contributed by atoms with E-state index in [2.05, 4.69) is 0 Å². The molecule has 8 nitrogen and oxygen atoms in total. The third-order valence-electron chi connectivity index (χ3n) is 5.34. The maximum Gasteiger partial charge on any atom is 0.270 e. The first-order valence-electron chi connectivity index (χ1n) is 9.71. The number of piperazine rings is 1. The van der Waals surface area contributed by atoms with E-state index in [1.165, 1.54) is 29.2 Å². The van der Waals surface area contributed by atoms with Crippen molar-refractivity contribution in [3.8, 4) is 5.75 Å². The summed E-state index contributed by atoms with van der Waals surface area (Å²) < 4.78 is 18.9. The van der Waals surface area contributed by atoms with Gasteiger partial charge in [-0.1, -0.05) is 0 Å². The standard InChI is InChI=1S/C21H25FN4O4/c1-23(2)19-6-5-17(26(28)29)13-18(19)21(27)25-10-8-24(9-11-25)14-15-12-16(22)4-7-20(15)30-3/h4-7,12-13H,8-11,14H2,1-3H3/p+1. The van der Waals surface area contributed by atoms with Gasteiger partial charge in [-0.25, -0.2) is 4.39 Å². The topological polar surface area (TPSA) is 80.4 Å². The summed E-state index contributed by atoms with van der Waals surface area (Å²) in [5.74, 6) is 0.125. The van der Waals surface area contributed by atoms with Gasteiger partial charge in [0.25, 0.3) is 11.6 Å². The van der Waals surface area contributed by atoms with Crippen molar-refractivity contribution in [2.24, 2.45) is 0 Å². The summed E-state index contributed by atoms with van der Waals surface area (Å²) in [7, 11) is 5.16. The maximum absolute atomic E-state index is 13.6. The van der Waals surface area contributed by atoms with Crippen LogP contribution in [0.15, 0.2) is 36.4 Å². The van der Waals surface area contributed by atoms with E-state index in [4.69, 9.17) is 4.74 Å². The number of nitrogens with zero attached hydrogens (tertiary/aromatic N) is 3. The molecule has 1 aliphatic rings. The molecule has 1 aliphatic heterocycles. The third-order valence-corrected chi connectivity index (χ3v) is 5.34. The summed E-state index contributed by atoms with van der Waals surface area (Å²) >= 11 is 0. The first-order valence-corrected chi connectivity index (χ1v) is 9.71. The largest absolute Gasteiger partial charge is 0.496 e. The molecule has 1 N–H and O–H groups in total. The molecule has 3 rings (SSSR count). The Morgan fingerprint density at radius 3 is 2.53 bits per heavy atom. The van der Waals surface area contributed by atoms with E-state index < -0.39 is 4.92 Å². The number of nitrogens with one attached hydrogen (secondary N) is 1. The smallest absolute Gasteiger partial charge is 0.270 e. The molecule has 1 heterocycles. The Labute approximate surface area is 174 Å². The molecule has 2 aromatic rings. The number of non-ortho nitro benzene ring substituents is 1. The molecule has 0 unspecified atom stereocenters. The Balaban J connectivity index is 1.71. The Bertz CT molecular complexity index is 943. The fourth-order valence-electron chi connectivity index (χ4n) is 3.73. The van der Waals surface area contributed by atoms with Crippen molar-refractivity contribution in [2.45, 2.75) is 6.54 Å². The number of hydrogen-bond donors (Lipinski definition) is 1. The summed E-state index contributed by atoms with van der Waals surface area (Å²) in [6, 6.07) is 8.82. The van der Waals surface area contributed by atoms with Crippen molar-refractivity contribution in [1.29, 1.82) is 0 Å². The zero-order chi connectivity index (χ0) is 21.8. The Morgan fingerprint density at radius 2 is 1.93 bits per heavy atom. The average molecular weight is 417 g/mol. The highest BCUT2D eigenvalue weighted by Crippen LogP contribution is 2.25. The van der Waals surface area contributed by atoms with Crippen LogP contribution in [0.25, 0.3) is 0 Å². The number of carbonyl (C=O) groups excluding carboxylic acids is 1. The molecular formula is C21H26FN4O4+. The highest BCUT2D eigenvalue weighted by atomic mass is 19.1. The van der Waals surface area contributed by atoms with Crippen molar-refractivity contribution < 1.29 is 23.7 Å². The van der Waals surface area contributed by atoms with E-state index in [-0.39, 0.29) is 17.4 Å². The molecule has 0 atom stereocenters. The number of anilines is 1. The average Bonchev–Trinajstić information content (AvgIpc) is 2.73. The SMILES string of the molecule is COc1ccc(F)cc1C[NH+]1CCN(C(=O)c2cc([N+](=O)[O-])ccc2N(C)C)CC1. The second-order valence-electron chi connectivity index (χ2n) is 7.53. The highest BCUT2D eigenvalue weighted by molar-refractivity contribution is 6.00. The predicted molar refractivity (Wildman–Crippen MR) is 111 cm³/mol. The van der Waals surface area contributed by atoms with Crippen LogP contribution < -0.4 is 14.5 Å². The number of carbonyl (C=O) groups is 1. The molecule has 30 heavy (non-hydrogen) atoms. The van der Waals surface area contributed by atoms with E-state index >= 15 is 0 Å². The monoisotopic (exact) mass is 417 g/mol. The second kappa shape index (κ2) is 9.08. The van der Waals surface area contributed by atoms with Gasteiger partial charge in [-0.05, 0) is 24.3 Å². The van der Waals surface area contributed by atoms with E-state index in [9.17, 15) is 19.3 Å². The summed E-state index contributed by atoms with van der Waals surface area (Å²) in [4.78, 5) is 28.5. The molecule has 2 aromatic carbocycles. The molecule has 160 valence electrons.